The summed E-state index contributed by atoms with van der Waals surface area (Å²) in [6.07, 6.45) is 12.2. The Morgan fingerprint density at radius 1 is 1.00 bits per heavy atom. The first-order valence-corrected chi connectivity index (χ1v) is 7.20. The fraction of sp³-hybridized carbons (Fsp3) is 1.00. The van der Waals surface area contributed by atoms with E-state index in [1.807, 2.05) is 0 Å². The molecule has 0 aliphatic heterocycles. The van der Waals surface area contributed by atoms with Gasteiger partial charge in [-0.1, -0.05) is 26.2 Å². The first-order chi connectivity index (χ1) is 7.72. The van der Waals surface area contributed by atoms with Gasteiger partial charge in [-0.25, -0.2) is 0 Å². The lowest BCUT2D eigenvalue weighted by atomic mass is 9.80. The number of nitrogens with one attached hydrogen (secondary N) is 1. The van der Waals surface area contributed by atoms with Crippen LogP contribution in [0.3, 0.4) is 0 Å². The minimum Gasteiger partial charge on any atom is -0.390 e. The Morgan fingerprint density at radius 2 is 1.56 bits per heavy atom. The van der Waals surface area contributed by atoms with Crippen molar-refractivity contribution in [2.45, 2.75) is 88.8 Å². The zero-order valence-electron chi connectivity index (χ0n) is 10.7. The Kier molecular flexibility index (Phi) is 4.26. The Bertz CT molecular complexity index is 203. The molecule has 0 atom stereocenters. The van der Waals surface area contributed by atoms with Gasteiger partial charge in [0.15, 0.2) is 0 Å². The van der Waals surface area contributed by atoms with Crippen molar-refractivity contribution < 1.29 is 5.11 Å². The standard InChI is InChI=1S/C14H27NO/c1-2-14(16)10-8-13(9-11-14)15-12-6-4-3-5-7-12/h12-13,15-16H,2-11H2,1H3. The first-order valence-electron chi connectivity index (χ1n) is 7.20. The van der Waals surface area contributed by atoms with Crippen LogP contribution in [0.25, 0.3) is 0 Å². The van der Waals surface area contributed by atoms with Crippen molar-refractivity contribution in [3.05, 3.63) is 0 Å². The van der Waals surface area contributed by atoms with Gasteiger partial charge >= 0.3 is 0 Å². The van der Waals surface area contributed by atoms with Gasteiger partial charge in [-0.2, -0.15) is 0 Å². The van der Waals surface area contributed by atoms with Gasteiger partial charge in [0, 0.05) is 12.1 Å². The monoisotopic (exact) mass is 225 g/mol. The molecule has 0 aromatic carbocycles. The molecule has 0 bridgehead atoms. The van der Waals surface area contributed by atoms with Gasteiger partial charge in [-0.15, -0.1) is 0 Å². The van der Waals surface area contributed by atoms with E-state index >= 15 is 0 Å². The molecule has 94 valence electrons. The highest BCUT2D eigenvalue weighted by Gasteiger charge is 2.32. The number of hydrogen-bond acceptors (Lipinski definition) is 2. The van der Waals surface area contributed by atoms with Gasteiger partial charge in [-0.3, -0.25) is 0 Å². The Labute approximate surface area is 99.8 Å². The minimum absolute atomic E-state index is 0.343. The summed E-state index contributed by atoms with van der Waals surface area (Å²) >= 11 is 0. The van der Waals surface area contributed by atoms with Crippen molar-refractivity contribution in [2.75, 3.05) is 0 Å². The zero-order chi connectivity index (χ0) is 11.4. The second-order valence-electron chi connectivity index (χ2n) is 5.85. The third-order valence-corrected chi connectivity index (χ3v) is 4.65. The lowest BCUT2D eigenvalue weighted by Crippen LogP contribution is -2.45. The van der Waals surface area contributed by atoms with Crippen molar-refractivity contribution >= 4 is 0 Å². The molecular weight excluding hydrogens is 198 g/mol. The van der Waals surface area contributed by atoms with E-state index in [9.17, 15) is 5.11 Å². The normalized spacial score (nSPS) is 37.5. The van der Waals surface area contributed by atoms with Crippen LogP contribution in [0.4, 0.5) is 0 Å². The molecule has 2 aliphatic carbocycles. The SMILES string of the molecule is CCC1(O)CCC(NC2CCCCC2)CC1. The molecule has 2 rings (SSSR count). The molecule has 0 aromatic heterocycles. The average Bonchev–Trinajstić information content (AvgIpc) is 2.34. The third-order valence-electron chi connectivity index (χ3n) is 4.65. The molecule has 0 heterocycles. The van der Waals surface area contributed by atoms with Crippen molar-refractivity contribution in [1.29, 1.82) is 0 Å². The Hall–Kier alpha value is -0.0800. The van der Waals surface area contributed by atoms with Gasteiger partial charge < -0.3 is 10.4 Å². The van der Waals surface area contributed by atoms with Crippen LogP contribution in [0.5, 0.6) is 0 Å². The predicted octanol–water partition coefficient (Wildman–Crippen LogP) is 2.99. The third kappa shape index (κ3) is 3.21. The van der Waals surface area contributed by atoms with Gasteiger partial charge in [-0.05, 0) is 44.9 Å². The highest BCUT2D eigenvalue weighted by molar-refractivity contribution is 4.88. The van der Waals surface area contributed by atoms with Crippen molar-refractivity contribution in [1.82, 2.24) is 5.32 Å². The van der Waals surface area contributed by atoms with E-state index in [4.69, 9.17) is 0 Å². The van der Waals surface area contributed by atoms with Crippen molar-refractivity contribution in [3.63, 3.8) is 0 Å². The van der Waals surface area contributed by atoms with Crippen LogP contribution in [-0.4, -0.2) is 22.8 Å². The fourth-order valence-corrected chi connectivity index (χ4v) is 3.28. The predicted molar refractivity (Wildman–Crippen MR) is 67.5 cm³/mol. The maximum Gasteiger partial charge on any atom is 0.0646 e. The molecule has 2 nitrogen and oxygen atoms in total. The molecule has 2 N–H and O–H groups in total. The summed E-state index contributed by atoms with van der Waals surface area (Å²) in [5.41, 5.74) is -0.343. The zero-order valence-corrected chi connectivity index (χ0v) is 10.7. The van der Waals surface area contributed by atoms with E-state index < -0.39 is 0 Å². The summed E-state index contributed by atoms with van der Waals surface area (Å²) in [5, 5.41) is 14.0. The largest absolute Gasteiger partial charge is 0.390 e. The van der Waals surface area contributed by atoms with Crippen LogP contribution in [-0.2, 0) is 0 Å². The van der Waals surface area contributed by atoms with Crippen LogP contribution >= 0.6 is 0 Å². The Balaban J connectivity index is 1.72. The summed E-state index contributed by atoms with van der Waals surface area (Å²) in [4.78, 5) is 0. The van der Waals surface area contributed by atoms with E-state index in [0.29, 0.717) is 6.04 Å². The maximum atomic E-state index is 10.2. The average molecular weight is 225 g/mol. The van der Waals surface area contributed by atoms with Gasteiger partial charge in [0.2, 0.25) is 0 Å². The summed E-state index contributed by atoms with van der Waals surface area (Å²) in [5.74, 6) is 0. The van der Waals surface area contributed by atoms with E-state index in [1.165, 1.54) is 44.9 Å². The van der Waals surface area contributed by atoms with Crippen molar-refractivity contribution in [3.8, 4) is 0 Å². The van der Waals surface area contributed by atoms with E-state index in [0.717, 1.165) is 25.3 Å². The molecule has 0 radical (unpaired) electrons. The van der Waals surface area contributed by atoms with Crippen molar-refractivity contribution in [2.24, 2.45) is 0 Å². The van der Waals surface area contributed by atoms with Gasteiger partial charge in [0.25, 0.3) is 0 Å². The lowest BCUT2D eigenvalue weighted by Gasteiger charge is -2.38. The molecule has 0 spiro atoms. The van der Waals surface area contributed by atoms with Crippen LogP contribution in [0.2, 0.25) is 0 Å². The van der Waals surface area contributed by atoms with E-state index in [-0.39, 0.29) is 5.60 Å². The molecule has 16 heavy (non-hydrogen) atoms. The molecule has 0 aromatic rings. The number of aliphatic hydroxyl groups is 1. The first kappa shape index (κ1) is 12.4. The topological polar surface area (TPSA) is 32.3 Å². The van der Waals surface area contributed by atoms with E-state index in [1.54, 1.807) is 0 Å². The second-order valence-corrected chi connectivity index (χ2v) is 5.85. The van der Waals surface area contributed by atoms with Crippen LogP contribution < -0.4 is 5.32 Å². The molecule has 2 aliphatic rings. The summed E-state index contributed by atoms with van der Waals surface area (Å²) in [7, 11) is 0. The molecule has 0 saturated heterocycles. The fourth-order valence-electron chi connectivity index (χ4n) is 3.28. The summed E-state index contributed by atoms with van der Waals surface area (Å²) in [6, 6.07) is 1.45. The highest BCUT2D eigenvalue weighted by Crippen LogP contribution is 2.31. The molecule has 2 heteroatoms. The molecule has 0 amide bonds. The Morgan fingerprint density at radius 3 is 2.12 bits per heavy atom. The van der Waals surface area contributed by atoms with Gasteiger partial charge in [0.05, 0.1) is 5.60 Å². The van der Waals surface area contributed by atoms with Crippen LogP contribution in [0.15, 0.2) is 0 Å². The molecule has 2 saturated carbocycles. The van der Waals surface area contributed by atoms with Crippen LogP contribution in [0.1, 0.15) is 71.1 Å². The maximum absolute atomic E-state index is 10.2. The lowest BCUT2D eigenvalue weighted by molar-refractivity contribution is -0.00820. The minimum atomic E-state index is -0.343. The van der Waals surface area contributed by atoms with E-state index in [2.05, 4.69) is 12.2 Å². The molecule has 0 unspecified atom stereocenters. The smallest absolute Gasteiger partial charge is 0.0646 e. The number of rotatable bonds is 3. The molecular formula is C14H27NO. The highest BCUT2D eigenvalue weighted by atomic mass is 16.3. The number of hydrogen-bond donors (Lipinski definition) is 2. The van der Waals surface area contributed by atoms with Crippen LogP contribution in [0, 0.1) is 0 Å². The van der Waals surface area contributed by atoms with Gasteiger partial charge in [0.1, 0.15) is 0 Å². The second kappa shape index (κ2) is 5.50. The quantitative estimate of drug-likeness (QED) is 0.774. The summed E-state index contributed by atoms with van der Waals surface area (Å²) < 4.78 is 0. The summed E-state index contributed by atoms with van der Waals surface area (Å²) in [6.45, 7) is 2.11. The molecule has 2 fully saturated rings.